The lowest BCUT2D eigenvalue weighted by molar-refractivity contribution is 0.102. The van der Waals surface area contributed by atoms with Crippen molar-refractivity contribution in [2.24, 2.45) is 0 Å². The lowest BCUT2D eigenvalue weighted by Gasteiger charge is -2.08. The third kappa shape index (κ3) is 2.42. The van der Waals surface area contributed by atoms with Gasteiger partial charge >= 0.3 is 0 Å². The van der Waals surface area contributed by atoms with Crippen molar-refractivity contribution in [1.29, 1.82) is 0 Å². The number of carbonyl (C=O) groups is 1. The average Bonchev–Trinajstić information content (AvgIpc) is 2.71. The third-order valence-corrected chi connectivity index (χ3v) is 2.86. The maximum atomic E-state index is 11.9. The number of hydrogen-bond donors (Lipinski definition) is 3. The van der Waals surface area contributed by atoms with E-state index < -0.39 is 5.91 Å². The van der Waals surface area contributed by atoms with E-state index in [0.29, 0.717) is 16.3 Å². The van der Waals surface area contributed by atoms with Crippen LogP contribution in [0.4, 0.5) is 5.69 Å². The van der Waals surface area contributed by atoms with Crippen LogP contribution in [-0.2, 0) is 0 Å². The average molecular weight is 286 g/mol. The van der Waals surface area contributed by atoms with E-state index in [-0.39, 0.29) is 16.5 Å². The molecule has 3 N–H and O–H groups in total. The van der Waals surface area contributed by atoms with E-state index in [1.54, 1.807) is 6.92 Å². The SMILES string of the molecule is Cc1[nH]ncc1C(=O)Nc1cc(Cl)cc(Cl)c1O. The summed E-state index contributed by atoms with van der Waals surface area (Å²) < 4.78 is 0. The number of amides is 1. The first kappa shape index (κ1) is 12.7. The molecule has 2 aromatic rings. The topological polar surface area (TPSA) is 78.0 Å². The van der Waals surface area contributed by atoms with Crippen molar-refractivity contribution < 1.29 is 9.90 Å². The number of phenolic OH excluding ortho intramolecular Hbond substituents is 1. The molecule has 5 nitrogen and oxygen atoms in total. The Morgan fingerprint density at radius 1 is 1.44 bits per heavy atom. The monoisotopic (exact) mass is 285 g/mol. The van der Waals surface area contributed by atoms with Gasteiger partial charge in [0.1, 0.15) is 0 Å². The third-order valence-electron chi connectivity index (χ3n) is 2.35. The molecule has 1 aromatic carbocycles. The van der Waals surface area contributed by atoms with Gasteiger partial charge in [-0.2, -0.15) is 5.10 Å². The second-order valence-electron chi connectivity index (χ2n) is 3.65. The molecule has 0 unspecified atom stereocenters. The fraction of sp³-hybridized carbons (Fsp3) is 0.0909. The van der Waals surface area contributed by atoms with Crippen molar-refractivity contribution in [2.75, 3.05) is 5.32 Å². The molecule has 0 saturated carbocycles. The highest BCUT2D eigenvalue weighted by molar-refractivity contribution is 6.36. The molecular formula is C11H9Cl2N3O2. The number of aromatic amines is 1. The molecule has 0 saturated heterocycles. The Morgan fingerprint density at radius 3 is 2.78 bits per heavy atom. The number of nitrogens with one attached hydrogen (secondary N) is 2. The summed E-state index contributed by atoms with van der Waals surface area (Å²) >= 11 is 11.6. The van der Waals surface area contributed by atoms with Crippen molar-refractivity contribution in [2.45, 2.75) is 6.92 Å². The number of rotatable bonds is 2. The van der Waals surface area contributed by atoms with Gasteiger partial charge in [-0.3, -0.25) is 9.89 Å². The largest absolute Gasteiger partial charge is 0.504 e. The number of phenols is 1. The quantitative estimate of drug-likeness (QED) is 0.743. The lowest BCUT2D eigenvalue weighted by Crippen LogP contribution is -2.12. The lowest BCUT2D eigenvalue weighted by atomic mass is 10.2. The normalized spacial score (nSPS) is 10.4. The van der Waals surface area contributed by atoms with Crippen LogP contribution in [0.5, 0.6) is 5.75 Å². The van der Waals surface area contributed by atoms with Gasteiger partial charge in [-0.15, -0.1) is 0 Å². The number of aryl methyl sites for hydroxylation is 1. The molecule has 1 amide bonds. The summed E-state index contributed by atoms with van der Waals surface area (Å²) in [6.07, 6.45) is 1.40. The minimum Gasteiger partial charge on any atom is -0.504 e. The van der Waals surface area contributed by atoms with E-state index in [9.17, 15) is 9.90 Å². The van der Waals surface area contributed by atoms with Gasteiger partial charge in [0.05, 0.1) is 22.5 Å². The van der Waals surface area contributed by atoms with Gasteiger partial charge < -0.3 is 10.4 Å². The molecule has 0 aliphatic carbocycles. The second kappa shape index (κ2) is 4.88. The summed E-state index contributed by atoms with van der Waals surface area (Å²) in [7, 11) is 0. The number of halogens is 2. The number of benzene rings is 1. The fourth-order valence-electron chi connectivity index (χ4n) is 1.43. The highest BCUT2D eigenvalue weighted by Crippen LogP contribution is 2.35. The van der Waals surface area contributed by atoms with Gasteiger partial charge in [0.15, 0.2) is 5.75 Å². The summed E-state index contributed by atoms with van der Waals surface area (Å²) in [5.74, 6) is -0.634. The smallest absolute Gasteiger partial charge is 0.259 e. The second-order valence-corrected chi connectivity index (χ2v) is 4.49. The molecule has 0 fully saturated rings. The van der Waals surface area contributed by atoms with Crippen molar-refractivity contribution in [3.8, 4) is 5.75 Å². The molecule has 0 bridgehead atoms. The zero-order valence-corrected chi connectivity index (χ0v) is 10.8. The maximum absolute atomic E-state index is 11.9. The Kier molecular flexibility index (Phi) is 3.45. The van der Waals surface area contributed by atoms with Crippen molar-refractivity contribution in [3.05, 3.63) is 39.6 Å². The molecule has 1 aromatic heterocycles. The van der Waals surface area contributed by atoms with E-state index in [0.717, 1.165) is 0 Å². The Labute approximate surface area is 113 Å². The van der Waals surface area contributed by atoms with Gasteiger partial charge in [-0.1, -0.05) is 23.2 Å². The zero-order valence-electron chi connectivity index (χ0n) is 9.29. The predicted molar refractivity (Wildman–Crippen MR) is 69.4 cm³/mol. The summed E-state index contributed by atoms with van der Waals surface area (Å²) in [5, 5.41) is 19.0. The number of carbonyl (C=O) groups excluding carboxylic acids is 1. The molecule has 0 aliphatic rings. The first-order valence-corrected chi connectivity index (χ1v) is 5.74. The molecule has 0 spiro atoms. The number of H-pyrrole nitrogens is 1. The van der Waals surface area contributed by atoms with E-state index in [2.05, 4.69) is 15.5 Å². The highest BCUT2D eigenvalue weighted by Gasteiger charge is 2.15. The van der Waals surface area contributed by atoms with Crippen LogP contribution in [0, 0.1) is 6.92 Å². The van der Waals surface area contributed by atoms with Crippen molar-refractivity contribution in [3.63, 3.8) is 0 Å². The molecule has 0 aliphatic heterocycles. The highest BCUT2D eigenvalue weighted by atomic mass is 35.5. The number of anilines is 1. The van der Waals surface area contributed by atoms with Crippen LogP contribution < -0.4 is 5.32 Å². The van der Waals surface area contributed by atoms with Crippen LogP contribution in [0.3, 0.4) is 0 Å². The van der Waals surface area contributed by atoms with Gasteiger partial charge in [0.25, 0.3) is 5.91 Å². The van der Waals surface area contributed by atoms with Crippen LogP contribution in [0.25, 0.3) is 0 Å². The number of nitrogens with zero attached hydrogens (tertiary/aromatic N) is 1. The van der Waals surface area contributed by atoms with E-state index in [1.165, 1.54) is 18.3 Å². The summed E-state index contributed by atoms with van der Waals surface area (Å²) in [4.78, 5) is 11.9. The van der Waals surface area contributed by atoms with E-state index >= 15 is 0 Å². The van der Waals surface area contributed by atoms with Crippen molar-refractivity contribution >= 4 is 34.8 Å². The Balaban J connectivity index is 2.30. The predicted octanol–water partition coefficient (Wildman–Crippen LogP) is 2.98. The Bertz CT molecular complexity index is 610. The standard InChI is InChI=1S/C11H9Cl2N3O2/c1-5-7(4-14-16-5)11(18)15-9-3-6(12)2-8(13)10(9)17/h2-4,17H,1H3,(H,14,16)(H,15,18). The molecule has 94 valence electrons. The zero-order chi connectivity index (χ0) is 13.3. The fourth-order valence-corrected chi connectivity index (χ4v) is 1.92. The van der Waals surface area contributed by atoms with Crippen LogP contribution in [0.2, 0.25) is 10.0 Å². The molecule has 7 heteroatoms. The first-order valence-electron chi connectivity index (χ1n) is 4.98. The summed E-state index contributed by atoms with van der Waals surface area (Å²) in [5.41, 5.74) is 1.16. The summed E-state index contributed by atoms with van der Waals surface area (Å²) in [6, 6.07) is 2.80. The summed E-state index contributed by atoms with van der Waals surface area (Å²) in [6.45, 7) is 1.72. The van der Waals surface area contributed by atoms with Crippen LogP contribution in [-0.4, -0.2) is 21.2 Å². The number of hydrogen-bond acceptors (Lipinski definition) is 3. The molecule has 0 radical (unpaired) electrons. The minimum atomic E-state index is -0.408. The van der Waals surface area contributed by atoms with E-state index in [1.807, 2.05) is 0 Å². The van der Waals surface area contributed by atoms with Gasteiger partial charge in [0.2, 0.25) is 0 Å². The minimum absolute atomic E-state index is 0.0710. The molecule has 18 heavy (non-hydrogen) atoms. The van der Waals surface area contributed by atoms with Gasteiger partial charge in [0, 0.05) is 10.7 Å². The molecule has 0 atom stereocenters. The van der Waals surface area contributed by atoms with E-state index in [4.69, 9.17) is 23.2 Å². The number of aromatic nitrogens is 2. The van der Waals surface area contributed by atoms with Crippen LogP contribution in [0.1, 0.15) is 16.1 Å². The molecule has 2 rings (SSSR count). The molecule has 1 heterocycles. The van der Waals surface area contributed by atoms with Crippen LogP contribution in [0.15, 0.2) is 18.3 Å². The Hall–Kier alpha value is -1.72. The van der Waals surface area contributed by atoms with Crippen molar-refractivity contribution in [1.82, 2.24) is 10.2 Å². The molecular weight excluding hydrogens is 277 g/mol. The van der Waals surface area contributed by atoms with Gasteiger partial charge in [-0.05, 0) is 19.1 Å². The van der Waals surface area contributed by atoms with Crippen LogP contribution >= 0.6 is 23.2 Å². The van der Waals surface area contributed by atoms with Gasteiger partial charge in [-0.25, -0.2) is 0 Å². The Morgan fingerprint density at radius 2 is 2.17 bits per heavy atom. The first-order chi connectivity index (χ1) is 8.49. The number of aromatic hydroxyl groups is 1. The maximum Gasteiger partial charge on any atom is 0.259 e.